The third-order valence-electron chi connectivity index (χ3n) is 4.61. The maximum Gasteiger partial charge on any atom is 0.290 e. The number of para-hydroxylation sites is 1. The molecule has 2 aromatic heterocycles. The first-order valence-electron chi connectivity index (χ1n) is 8.13. The highest BCUT2D eigenvalue weighted by Crippen LogP contribution is 2.27. The summed E-state index contributed by atoms with van der Waals surface area (Å²) in [6, 6.07) is 7.67. The van der Waals surface area contributed by atoms with Crippen molar-refractivity contribution in [2.75, 3.05) is 19.6 Å². The number of hydrogen-bond acceptors (Lipinski definition) is 4. The van der Waals surface area contributed by atoms with E-state index in [2.05, 4.69) is 10.3 Å². The third-order valence-corrected chi connectivity index (χ3v) is 4.61. The van der Waals surface area contributed by atoms with E-state index in [0.29, 0.717) is 18.8 Å². The second kappa shape index (κ2) is 5.79. The first kappa shape index (κ1) is 15.0. The van der Waals surface area contributed by atoms with Crippen molar-refractivity contribution in [1.82, 2.24) is 19.8 Å². The normalized spacial score (nSPS) is 18.2. The maximum atomic E-state index is 13.1. The number of aryl methyl sites for hydroxylation is 2. The molecule has 6 heteroatoms. The van der Waals surface area contributed by atoms with Gasteiger partial charge in [-0.05, 0) is 18.6 Å². The zero-order chi connectivity index (χ0) is 16.7. The number of rotatable bonds is 2. The minimum absolute atomic E-state index is 0.0832. The molecule has 1 N–H and O–H groups in total. The van der Waals surface area contributed by atoms with Gasteiger partial charge in [0.05, 0.1) is 0 Å². The first-order valence-corrected chi connectivity index (χ1v) is 8.13. The predicted molar refractivity (Wildman–Crippen MR) is 90.8 cm³/mol. The van der Waals surface area contributed by atoms with Crippen LogP contribution >= 0.6 is 0 Å². The summed E-state index contributed by atoms with van der Waals surface area (Å²) in [5, 5.41) is 4.30. The van der Waals surface area contributed by atoms with Gasteiger partial charge in [-0.1, -0.05) is 18.2 Å². The Kier molecular flexibility index (Phi) is 3.61. The van der Waals surface area contributed by atoms with Gasteiger partial charge in [-0.15, -0.1) is 0 Å². The van der Waals surface area contributed by atoms with Crippen molar-refractivity contribution in [1.29, 1.82) is 0 Å². The number of hydrogen-bond donors (Lipinski definition) is 1. The number of piperazine rings is 1. The lowest BCUT2D eigenvalue weighted by molar-refractivity contribution is 0.0590. The lowest BCUT2D eigenvalue weighted by Crippen LogP contribution is -2.49. The quantitative estimate of drug-likeness (QED) is 0.785. The van der Waals surface area contributed by atoms with E-state index < -0.39 is 0 Å². The van der Waals surface area contributed by atoms with Crippen molar-refractivity contribution in [2.45, 2.75) is 13.0 Å². The molecule has 1 aliphatic heterocycles. The number of furan rings is 1. The van der Waals surface area contributed by atoms with Crippen LogP contribution in [0.15, 0.2) is 41.1 Å². The average Bonchev–Trinajstić information content (AvgIpc) is 3.21. The van der Waals surface area contributed by atoms with Crippen LogP contribution in [0, 0.1) is 6.92 Å². The standard InChI is InChI=1S/C18H20N4O2/c1-12-4-3-5-13-10-15(24-16(12)13)18(23)22-9-6-19-11-14(22)17-20-7-8-21(17)2/h3-5,7-8,10,14,19H,6,9,11H2,1-2H3. The summed E-state index contributed by atoms with van der Waals surface area (Å²) in [4.78, 5) is 19.3. The molecule has 1 amide bonds. The molecule has 1 fully saturated rings. The smallest absolute Gasteiger partial charge is 0.290 e. The Labute approximate surface area is 140 Å². The van der Waals surface area contributed by atoms with Crippen molar-refractivity contribution in [3.63, 3.8) is 0 Å². The van der Waals surface area contributed by atoms with E-state index in [-0.39, 0.29) is 11.9 Å². The number of amides is 1. The van der Waals surface area contributed by atoms with Crippen LogP contribution < -0.4 is 5.32 Å². The molecule has 3 heterocycles. The van der Waals surface area contributed by atoms with E-state index in [1.54, 1.807) is 6.20 Å². The molecule has 0 bridgehead atoms. The fourth-order valence-electron chi connectivity index (χ4n) is 3.33. The van der Waals surface area contributed by atoms with E-state index in [1.807, 2.05) is 53.9 Å². The summed E-state index contributed by atoms with van der Waals surface area (Å²) in [5.74, 6) is 1.18. The van der Waals surface area contributed by atoms with Crippen molar-refractivity contribution in [3.8, 4) is 0 Å². The Morgan fingerprint density at radius 3 is 3.04 bits per heavy atom. The Bertz CT molecular complexity index is 895. The van der Waals surface area contributed by atoms with Crippen LogP contribution in [-0.4, -0.2) is 40.0 Å². The van der Waals surface area contributed by atoms with Crippen LogP contribution in [0.5, 0.6) is 0 Å². The molecular formula is C18H20N4O2. The molecule has 0 radical (unpaired) electrons. The summed E-state index contributed by atoms with van der Waals surface area (Å²) < 4.78 is 7.83. The minimum Gasteiger partial charge on any atom is -0.451 e. The summed E-state index contributed by atoms with van der Waals surface area (Å²) in [5.41, 5.74) is 1.82. The van der Waals surface area contributed by atoms with Crippen LogP contribution in [0.25, 0.3) is 11.0 Å². The number of carbonyl (C=O) groups excluding carboxylic acids is 1. The maximum absolute atomic E-state index is 13.1. The molecular weight excluding hydrogens is 304 g/mol. The lowest BCUT2D eigenvalue weighted by atomic mass is 10.1. The molecule has 0 aliphatic carbocycles. The van der Waals surface area contributed by atoms with Gasteiger partial charge >= 0.3 is 0 Å². The summed E-state index contributed by atoms with van der Waals surface area (Å²) in [6.07, 6.45) is 3.66. The van der Waals surface area contributed by atoms with Gasteiger partial charge in [0.1, 0.15) is 17.4 Å². The molecule has 4 rings (SSSR count). The minimum atomic E-state index is -0.0967. The number of nitrogens with zero attached hydrogens (tertiary/aromatic N) is 3. The topological polar surface area (TPSA) is 63.3 Å². The number of aromatic nitrogens is 2. The van der Waals surface area contributed by atoms with Crippen LogP contribution in [-0.2, 0) is 7.05 Å². The highest BCUT2D eigenvalue weighted by atomic mass is 16.3. The second-order valence-corrected chi connectivity index (χ2v) is 6.22. The van der Waals surface area contributed by atoms with Crippen LogP contribution in [0.2, 0.25) is 0 Å². The van der Waals surface area contributed by atoms with E-state index in [9.17, 15) is 4.79 Å². The number of fused-ring (bicyclic) bond motifs is 1. The fourth-order valence-corrected chi connectivity index (χ4v) is 3.33. The second-order valence-electron chi connectivity index (χ2n) is 6.22. The number of benzene rings is 1. The van der Waals surface area contributed by atoms with Crippen LogP contribution in [0.4, 0.5) is 0 Å². The van der Waals surface area contributed by atoms with E-state index in [1.165, 1.54) is 0 Å². The van der Waals surface area contributed by atoms with Gasteiger partial charge in [0.2, 0.25) is 0 Å². The van der Waals surface area contributed by atoms with Gasteiger partial charge in [0.15, 0.2) is 5.76 Å². The predicted octanol–water partition coefficient (Wildman–Crippen LogP) is 2.26. The molecule has 3 aromatic rings. The highest BCUT2D eigenvalue weighted by Gasteiger charge is 2.32. The Morgan fingerprint density at radius 1 is 1.42 bits per heavy atom. The van der Waals surface area contributed by atoms with E-state index in [0.717, 1.165) is 28.9 Å². The van der Waals surface area contributed by atoms with Gasteiger partial charge in [-0.3, -0.25) is 4.79 Å². The van der Waals surface area contributed by atoms with E-state index in [4.69, 9.17) is 4.42 Å². The van der Waals surface area contributed by atoms with Crippen molar-refractivity contribution in [3.05, 3.63) is 53.8 Å². The van der Waals surface area contributed by atoms with Gasteiger partial charge in [-0.2, -0.15) is 0 Å². The molecule has 124 valence electrons. The summed E-state index contributed by atoms with van der Waals surface area (Å²) in [7, 11) is 1.95. The lowest BCUT2D eigenvalue weighted by Gasteiger charge is -2.35. The highest BCUT2D eigenvalue weighted by molar-refractivity contribution is 5.97. The molecule has 1 aromatic carbocycles. The van der Waals surface area contributed by atoms with Gasteiger partial charge < -0.3 is 19.2 Å². The zero-order valence-corrected chi connectivity index (χ0v) is 13.8. The molecule has 0 saturated carbocycles. The number of carbonyl (C=O) groups is 1. The summed E-state index contributed by atoms with van der Waals surface area (Å²) >= 11 is 0. The van der Waals surface area contributed by atoms with E-state index >= 15 is 0 Å². The fraction of sp³-hybridized carbons (Fsp3) is 0.333. The van der Waals surface area contributed by atoms with Crippen LogP contribution in [0.1, 0.15) is 28.0 Å². The number of nitrogens with one attached hydrogen (secondary N) is 1. The average molecular weight is 324 g/mol. The molecule has 24 heavy (non-hydrogen) atoms. The zero-order valence-electron chi connectivity index (χ0n) is 13.8. The number of imidazole rings is 1. The molecule has 1 saturated heterocycles. The molecule has 1 aliphatic rings. The van der Waals surface area contributed by atoms with Crippen molar-refractivity contribution in [2.24, 2.45) is 7.05 Å². The molecule has 1 unspecified atom stereocenters. The van der Waals surface area contributed by atoms with Gasteiger partial charge in [-0.25, -0.2) is 4.98 Å². The third kappa shape index (κ3) is 2.39. The van der Waals surface area contributed by atoms with Crippen LogP contribution in [0.3, 0.4) is 0 Å². The van der Waals surface area contributed by atoms with Gasteiger partial charge in [0.25, 0.3) is 5.91 Å². The first-order chi connectivity index (χ1) is 11.6. The Balaban J connectivity index is 1.70. The monoisotopic (exact) mass is 324 g/mol. The SMILES string of the molecule is Cc1cccc2cc(C(=O)N3CCNCC3c3nccn3C)oc12. The van der Waals surface area contributed by atoms with Gasteiger partial charge in [0, 0.05) is 44.5 Å². The Morgan fingerprint density at radius 2 is 2.29 bits per heavy atom. The Hall–Kier alpha value is -2.60. The molecule has 6 nitrogen and oxygen atoms in total. The van der Waals surface area contributed by atoms with Crippen molar-refractivity contribution < 1.29 is 9.21 Å². The largest absolute Gasteiger partial charge is 0.451 e. The summed E-state index contributed by atoms with van der Waals surface area (Å²) in [6.45, 7) is 4.08. The molecule has 1 atom stereocenters. The van der Waals surface area contributed by atoms with Crippen molar-refractivity contribution >= 4 is 16.9 Å². The molecule has 0 spiro atoms.